The minimum Gasteiger partial charge on any atom is -0.324 e. The highest BCUT2D eigenvalue weighted by Gasteiger charge is 2.30. The van der Waals surface area contributed by atoms with Gasteiger partial charge in [-0.25, -0.2) is 4.98 Å². The van der Waals surface area contributed by atoms with E-state index in [-0.39, 0.29) is 11.9 Å². The summed E-state index contributed by atoms with van der Waals surface area (Å²) in [6.45, 7) is 0. The van der Waals surface area contributed by atoms with Crippen LogP contribution in [0.25, 0.3) is 5.69 Å². The molecule has 1 aliphatic heterocycles. The van der Waals surface area contributed by atoms with Crippen molar-refractivity contribution in [3.8, 4) is 11.8 Å². The van der Waals surface area contributed by atoms with E-state index < -0.39 is 0 Å². The number of aromatic nitrogens is 2. The predicted octanol–water partition coefficient (Wildman–Crippen LogP) is 1.72. The summed E-state index contributed by atoms with van der Waals surface area (Å²) in [4.78, 5) is 15.8. The molecule has 0 aliphatic carbocycles. The van der Waals surface area contributed by atoms with Gasteiger partial charge in [0.1, 0.15) is 12.1 Å². The summed E-state index contributed by atoms with van der Waals surface area (Å²) in [5.74, 6) is 0.206. The van der Waals surface area contributed by atoms with Crippen molar-refractivity contribution in [2.45, 2.75) is 6.04 Å². The third-order valence-electron chi connectivity index (χ3n) is 3.24. The maximum Gasteiger partial charge on any atom is 0.246 e. The fraction of sp³-hybridized carbons (Fsp3) is 0.154. The van der Waals surface area contributed by atoms with E-state index in [0.29, 0.717) is 5.82 Å². The third kappa shape index (κ3) is 1.81. The van der Waals surface area contributed by atoms with Crippen LogP contribution < -0.4 is 10.6 Å². The van der Waals surface area contributed by atoms with Crippen molar-refractivity contribution >= 4 is 27.5 Å². The van der Waals surface area contributed by atoms with E-state index in [4.69, 9.17) is 5.26 Å². The number of halogens is 1. The second-order valence-corrected chi connectivity index (χ2v) is 5.19. The molecule has 100 valence electrons. The molecule has 1 aliphatic rings. The molecule has 2 heterocycles. The molecule has 1 atom stereocenters. The van der Waals surface area contributed by atoms with Gasteiger partial charge in [-0.2, -0.15) is 5.26 Å². The number of benzene rings is 1. The van der Waals surface area contributed by atoms with Crippen LogP contribution in [0.3, 0.4) is 0 Å². The number of nitrogens with one attached hydrogen (secondary N) is 2. The van der Waals surface area contributed by atoms with Crippen molar-refractivity contribution in [2.75, 3.05) is 12.4 Å². The van der Waals surface area contributed by atoms with Gasteiger partial charge in [-0.3, -0.25) is 9.36 Å². The van der Waals surface area contributed by atoms with E-state index in [1.807, 2.05) is 18.2 Å². The van der Waals surface area contributed by atoms with Crippen LogP contribution in [0.2, 0.25) is 0 Å². The molecule has 1 aromatic heterocycles. The van der Waals surface area contributed by atoms with Gasteiger partial charge in [-0.1, -0.05) is 0 Å². The normalized spacial score (nSPS) is 16.6. The molecule has 7 heteroatoms. The van der Waals surface area contributed by atoms with Crippen LogP contribution >= 0.6 is 15.9 Å². The Kier molecular flexibility index (Phi) is 3.04. The molecule has 1 aromatic carbocycles. The Morgan fingerprint density at radius 1 is 1.55 bits per heavy atom. The molecule has 0 saturated heterocycles. The van der Waals surface area contributed by atoms with E-state index in [1.54, 1.807) is 24.0 Å². The van der Waals surface area contributed by atoms with Gasteiger partial charge in [0.15, 0.2) is 0 Å². The van der Waals surface area contributed by atoms with Crippen molar-refractivity contribution in [3.63, 3.8) is 0 Å². The minimum absolute atomic E-state index is 0.0855. The summed E-state index contributed by atoms with van der Waals surface area (Å²) >= 11 is 3.49. The summed E-state index contributed by atoms with van der Waals surface area (Å²) < 4.78 is 2.46. The molecular weight excluding hydrogens is 322 g/mol. The lowest BCUT2D eigenvalue weighted by Gasteiger charge is -2.11. The number of rotatable bonds is 2. The van der Waals surface area contributed by atoms with Crippen molar-refractivity contribution < 1.29 is 4.79 Å². The average Bonchev–Trinajstić information content (AvgIpc) is 3.00. The summed E-state index contributed by atoms with van der Waals surface area (Å²) in [5.41, 5.74) is 2.38. The van der Waals surface area contributed by atoms with Crippen LogP contribution in [-0.2, 0) is 4.79 Å². The first-order valence-electron chi connectivity index (χ1n) is 5.91. The van der Waals surface area contributed by atoms with E-state index in [9.17, 15) is 4.79 Å². The van der Waals surface area contributed by atoms with Crippen molar-refractivity contribution in [3.05, 3.63) is 40.4 Å². The molecule has 0 bridgehead atoms. The molecule has 1 unspecified atom stereocenters. The summed E-state index contributed by atoms with van der Waals surface area (Å²) in [6.07, 6.45) is 3.27. The quantitative estimate of drug-likeness (QED) is 0.877. The third-order valence-corrected chi connectivity index (χ3v) is 3.87. The number of carbonyl (C=O) groups excluding carboxylic acids is 1. The van der Waals surface area contributed by atoms with Crippen LogP contribution in [0.15, 0.2) is 29.0 Å². The lowest BCUT2D eigenvalue weighted by atomic mass is 10.1. The molecule has 0 radical (unpaired) electrons. The Morgan fingerprint density at radius 3 is 3.05 bits per heavy atom. The topological polar surface area (TPSA) is 82.7 Å². The van der Waals surface area contributed by atoms with Gasteiger partial charge in [0, 0.05) is 28.1 Å². The number of imidazole rings is 1. The monoisotopic (exact) mass is 331 g/mol. The molecule has 20 heavy (non-hydrogen) atoms. The molecular formula is C13H10BrN5O. The number of hydrogen-bond acceptors (Lipinski definition) is 4. The first-order chi connectivity index (χ1) is 9.65. The average molecular weight is 332 g/mol. The first-order valence-corrected chi connectivity index (χ1v) is 6.70. The van der Waals surface area contributed by atoms with Crippen molar-refractivity contribution in [2.24, 2.45) is 0 Å². The van der Waals surface area contributed by atoms with Crippen LogP contribution in [0.5, 0.6) is 0 Å². The number of likely N-dealkylation sites (N-methyl/N-ethyl adjacent to an activating group) is 1. The maximum atomic E-state index is 11.8. The predicted molar refractivity (Wildman–Crippen MR) is 76.4 cm³/mol. The maximum absolute atomic E-state index is 11.8. The first kappa shape index (κ1) is 12.8. The molecule has 1 amide bonds. The second kappa shape index (κ2) is 4.74. The van der Waals surface area contributed by atoms with Gasteiger partial charge in [0.2, 0.25) is 11.7 Å². The zero-order valence-corrected chi connectivity index (χ0v) is 12.1. The smallest absolute Gasteiger partial charge is 0.246 e. The van der Waals surface area contributed by atoms with Gasteiger partial charge < -0.3 is 10.6 Å². The molecule has 0 saturated carbocycles. The van der Waals surface area contributed by atoms with E-state index in [2.05, 4.69) is 31.5 Å². The highest BCUT2D eigenvalue weighted by atomic mass is 79.9. The van der Waals surface area contributed by atoms with E-state index in [0.717, 1.165) is 21.4 Å². The van der Waals surface area contributed by atoms with Crippen molar-refractivity contribution in [1.82, 2.24) is 14.9 Å². The van der Waals surface area contributed by atoms with Crippen LogP contribution in [0, 0.1) is 11.3 Å². The highest BCUT2D eigenvalue weighted by molar-refractivity contribution is 9.10. The molecule has 2 N–H and O–H groups in total. The Morgan fingerprint density at radius 2 is 2.35 bits per heavy atom. The van der Waals surface area contributed by atoms with Gasteiger partial charge in [-0.15, -0.1) is 0 Å². The van der Waals surface area contributed by atoms with Gasteiger partial charge in [-0.05, 0) is 35.1 Å². The fourth-order valence-corrected chi connectivity index (χ4v) is 2.87. The number of amides is 1. The minimum atomic E-state index is -0.353. The Balaban J connectivity index is 2.16. The van der Waals surface area contributed by atoms with Gasteiger partial charge in [0.25, 0.3) is 0 Å². The fourth-order valence-electron chi connectivity index (χ4n) is 2.32. The molecule has 0 spiro atoms. The molecule has 3 rings (SSSR count). The number of anilines is 1. The van der Waals surface area contributed by atoms with E-state index >= 15 is 0 Å². The van der Waals surface area contributed by atoms with Crippen LogP contribution in [0.4, 0.5) is 5.69 Å². The SMILES string of the molecule is CNC1C(=O)Nc2cc(-n3ccnc3C#N)c(Br)cc21. The summed E-state index contributed by atoms with van der Waals surface area (Å²) in [6, 6.07) is 5.39. The highest BCUT2D eigenvalue weighted by Crippen LogP contribution is 2.36. The van der Waals surface area contributed by atoms with Crippen LogP contribution in [0.1, 0.15) is 17.4 Å². The second-order valence-electron chi connectivity index (χ2n) is 4.33. The van der Waals surface area contributed by atoms with E-state index in [1.165, 1.54) is 0 Å². The van der Waals surface area contributed by atoms with Gasteiger partial charge >= 0.3 is 0 Å². The number of fused-ring (bicyclic) bond motifs is 1. The number of hydrogen-bond donors (Lipinski definition) is 2. The summed E-state index contributed by atoms with van der Waals surface area (Å²) in [5, 5.41) is 14.8. The standard InChI is InChI=1S/C13H10BrN5O/c1-16-12-7-4-8(14)10(5-9(7)18-13(12)20)19-3-2-17-11(19)6-15/h2-5,12,16H,1H3,(H,18,20). The molecule has 2 aromatic rings. The molecule has 0 fully saturated rings. The number of nitrogens with zero attached hydrogens (tertiary/aromatic N) is 3. The Labute approximate surface area is 123 Å². The lowest BCUT2D eigenvalue weighted by Crippen LogP contribution is -2.23. The Hall–Kier alpha value is -2.17. The summed E-state index contributed by atoms with van der Waals surface area (Å²) in [7, 11) is 1.74. The number of nitriles is 1. The van der Waals surface area contributed by atoms with Gasteiger partial charge in [0.05, 0.1) is 5.69 Å². The Bertz CT molecular complexity index is 746. The van der Waals surface area contributed by atoms with Crippen molar-refractivity contribution in [1.29, 1.82) is 5.26 Å². The zero-order valence-electron chi connectivity index (χ0n) is 10.5. The van der Waals surface area contributed by atoms with Crippen LogP contribution in [-0.4, -0.2) is 22.5 Å². The molecule has 6 nitrogen and oxygen atoms in total. The largest absolute Gasteiger partial charge is 0.324 e. The number of carbonyl (C=O) groups is 1. The zero-order chi connectivity index (χ0) is 14.3. The lowest BCUT2D eigenvalue weighted by molar-refractivity contribution is -0.117.